The van der Waals surface area contributed by atoms with E-state index < -0.39 is 0 Å². The maximum absolute atomic E-state index is 4.62. The van der Waals surface area contributed by atoms with Gasteiger partial charge in [0.25, 0.3) is 0 Å². The lowest BCUT2D eigenvalue weighted by molar-refractivity contribution is 0.655. The quantitative estimate of drug-likeness (QED) is 0.243. The van der Waals surface area contributed by atoms with E-state index >= 15 is 0 Å². The molecular formula is C26H30N4. The fraction of sp³-hybridized carbons (Fsp3) is 0.308. The minimum atomic E-state index is 0.878. The molecule has 0 spiro atoms. The van der Waals surface area contributed by atoms with E-state index in [1.165, 1.54) is 45.8 Å². The van der Waals surface area contributed by atoms with Crippen molar-refractivity contribution in [1.82, 2.24) is 9.97 Å². The van der Waals surface area contributed by atoms with Gasteiger partial charge in [0.1, 0.15) is 0 Å². The minimum Gasteiger partial charge on any atom is -0.357 e. The maximum atomic E-state index is 4.62. The molecule has 0 amide bonds. The van der Waals surface area contributed by atoms with Gasteiger partial charge in [-0.3, -0.25) is 9.98 Å². The van der Waals surface area contributed by atoms with Crippen LogP contribution in [0.1, 0.15) is 48.5 Å². The van der Waals surface area contributed by atoms with Crippen molar-refractivity contribution in [3.8, 4) is 0 Å². The van der Waals surface area contributed by atoms with Crippen LogP contribution < -0.4 is 0 Å². The van der Waals surface area contributed by atoms with Crippen LogP contribution in [0.5, 0.6) is 0 Å². The van der Waals surface area contributed by atoms with Crippen LogP contribution in [0, 0.1) is 13.8 Å². The number of aliphatic imine (C=N–C) groups is 2. The monoisotopic (exact) mass is 398 g/mol. The van der Waals surface area contributed by atoms with Gasteiger partial charge in [-0.25, -0.2) is 0 Å². The first-order chi connectivity index (χ1) is 14.7. The highest BCUT2D eigenvalue weighted by atomic mass is 14.8. The number of benzene rings is 2. The Balaban J connectivity index is 1.16. The summed E-state index contributed by atoms with van der Waals surface area (Å²) in [6.07, 6.45) is 8.62. The van der Waals surface area contributed by atoms with Crippen LogP contribution in [0.15, 0.2) is 58.5 Å². The van der Waals surface area contributed by atoms with Gasteiger partial charge in [-0.15, -0.1) is 0 Å². The van der Waals surface area contributed by atoms with Gasteiger partial charge in [-0.05, 0) is 26.7 Å². The number of fused-ring (bicyclic) bond motifs is 2. The number of rotatable bonds is 9. The minimum absolute atomic E-state index is 0.878. The van der Waals surface area contributed by atoms with Crippen LogP contribution in [0.25, 0.3) is 21.5 Å². The van der Waals surface area contributed by atoms with Gasteiger partial charge in [0.05, 0.1) is 11.4 Å². The van der Waals surface area contributed by atoms with E-state index in [0.717, 1.165) is 37.3 Å². The third-order valence-electron chi connectivity index (χ3n) is 5.65. The lowest BCUT2D eigenvalue weighted by atomic mass is 10.1. The normalized spacial score (nSPS) is 12.2. The molecule has 2 aromatic carbocycles. The predicted molar refractivity (Wildman–Crippen MR) is 129 cm³/mol. The Morgan fingerprint density at radius 2 is 1.00 bits per heavy atom. The number of hydrogen-bond donors (Lipinski definition) is 2. The van der Waals surface area contributed by atoms with Crippen LogP contribution in [-0.4, -0.2) is 35.5 Å². The van der Waals surface area contributed by atoms with Crippen molar-refractivity contribution in [3.63, 3.8) is 0 Å². The summed E-state index contributed by atoms with van der Waals surface area (Å²) in [6, 6.07) is 16.9. The Morgan fingerprint density at radius 1 is 0.600 bits per heavy atom. The molecule has 2 aromatic heterocycles. The molecule has 154 valence electrons. The van der Waals surface area contributed by atoms with Crippen LogP contribution >= 0.6 is 0 Å². The van der Waals surface area contributed by atoms with E-state index in [0.29, 0.717) is 0 Å². The summed E-state index contributed by atoms with van der Waals surface area (Å²) in [5, 5.41) is 5.06. The highest BCUT2D eigenvalue weighted by molar-refractivity contribution is 6.01. The average Bonchev–Trinajstić information content (AvgIpc) is 3.27. The zero-order valence-electron chi connectivity index (χ0n) is 17.9. The predicted octanol–water partition coefficient (Wildman–Crippen LogP) is 6.36. The van der Waals surface area contributed by atoms with Crippen molar-refractivity contribution in [3.05, 3.63) is 71.3 Å². The first-order valence-corrected chi connectivity index (χ1v) is 10.9. The second-order valence-corrected chi connectivity index (χ2v) is 7.90. The van der Waals surface area contributed by atoms with Crippen LogP contribution in [0.4, 0.5) is 0 Å². The third kappa shape index (κ3) is 4.54. The summed E-state index contributed by atoms with van der Waals surface area (Å²) < 4.78 is 0. The van der Waals surface area contributed by atoms with Crippen LogP contribution in [0.2, 0.25) is 0 Å². The molecule has 0 saturated carbocycles. The second-order valence-electron chi connectivity index (χ2n) is 7.90. The topological polar surface area (TPSA) is 56.3 Å². The van der Waals surface area contributed by atoms with Gasteiger partial charge in [0.15, 0.2) is 0 Å². The lowest BCUT2D eigenvalue weighted by Gasteiger charge is -1.97. The van der Waals surface area contributed by atoms with E-state index in [1.54, 1.807) is 0 Å². The molecule has 0 radical (unpaired) electrons. The Morgan fingerprint density at radius 3 is 1.43 bits per heavy atom. The van der Waals surface area contributed by atoms with Gasteiger partial charge in [-0.2, -0.15) is 0 Å². The van der Waals surface area contributed by atoms with Gasteiger partial charge in [-0.1, -0.05) is 61.4 Å². The fourth-order valence-electron chi connectivity index (χ4n) is 4.04. The number of nitrogens with one attached hydrogen (secondary N) is 2. The molecule has 0 atom stereocenters. The summed E-state index contributed by atoms with van der Waals surface area (Å²) in [6.45, 7) is 5.98. The molecule has 4 nitrogen and oxygen atoms in total. The van der Waals surface area contributed by atoms with Crippen LogP contribution in [-0.2, 0) is 0 Å². The number of aromatic amines is 2. The summed E-state index contributed by atoms with van der Waals surface area (Å²) in [7, 11) is 0. The van der Waals surface area contributed by atoms with Crippen molar-refractivity contribution < 1.29 is 0 Å². The number of H-pyrrole nitrogens is 2. The van der Waals surface area contributed by atoms with E-state index in [9.17, 15) is 0 Å². The average molecular weight is 399 g/mol. The van der Waals surface area contributed by atoms with E-state index in [1.807, 2.05) is 12.4 Å². The highest BCUT2D eigenvalue weighted by Gasteiger charge is 2.05. The van der Waals surface area contributed by atoms with Gasteiger partial charge in [0.2, 0.25) is 0 Å². The molecule has 0 aliphatic heterocycles. The highest BCUT2D eigenvalue weighted by Crippen LogP contribution is 2.21. The molecule has 30 heavy (non-hydrogen) atoms. The van der Waals surface area contributed by atoms with Crippen molar-refractivity contribution in [2.75, 3.05) is 13.1 Å². The molecule has 2 N–H and O–H groups in total. The SMILES string of the molecule is Cc1[nH]c(C=NCCCCCCN=Cc2[nH]c(C)c3ccccc23)c2ccccc12. The Bertz CT molecular complexity index is 1080. The molecule has 0 unspecified atom stereocenters. The molecule has 0 saturated heterocycles. The molecule has 0 fully saturated rings. The molecular weight excluding hydrogens is 368 g/mol. The zero-order chi connectivity index (χ0) is 20.8. The van der Waals surface area contributed by atoms with Gasteiger partial charge in [0, 0.05) is 58.5 Å². The first kappa shape index (κ1) is 20.1. The van der Waals surface area contributed by atoms with Gasteiger partial charge >= 0.3 is 0 Å². The number of aromatic nitrogens is 2. The zero-order valence-corrected chi connectivity index (χ0v) is 17.9. The summed E-state index contributed by atoms with van der Waals surface area (Å²) in [5.74, 6) is 0. The number of hydrogen-bond acceptors (Lipinski definition) is 2. The molecule has 4 rings (SSSR count). The molecule has 4 heteroatoms. The molecule has 2 heterocycles. The first-order valence-electron chi connectivity index (χ1n) is 10.9. The van der Waals surface area contributed by atoms with Crippen molar-refractivity contribution in [2.45, 2.75) is 39.5 Å². The summed E-state index contributed by atoms with van der Waals surface area (Å²) in [5.41, 5.74) is 4.64. The van der Waals surface area contributed by atoms with Crippen LogP contribution in [0.3, 0.4) is 0 Å². The third-order valence-corrected chi connectivity index (χ3v) is 5.65. The lowest BCUT2D eigenvalue weighted by Crippen LogP contribution is -1.89. The molecule has 4 aromatic rings. The standard InChI is InChI=1S/C26H30N4/c1-19-21-11-5-7-13-23(21)25(29-19)17-27-15-9-3-4-10-16-28-18-26-24-14-8-6-12-22(24)20(2)30-26/h5-8,11-14,17-18,29-30H,3-4,9-10,15-16H2,1-2H3. The smallest absolute Gasteiger partial charge is 0.0643 e. The van der Waals surface area contributed by atoms with Crippen molar-refractivity contribution in [2.24, 2.45) is 9.98 Å². The van der Waals surface area contributed by atoms with E-state index in [-0.39, 0.29) is 0 Å². The second kappa shape index (κ2) is 9.57. The van der Waals surface area contributed by atoms with Gasteiger partial charge < -0.3 is 9.97 Å². The number of unbranched alkanes of at least 4 members (excludes halogenated alkanes) is 3. The Labute approximate surface area is 178 Å². The molecule has 0 bridgehead atoms. The number of aryl methyl sites for hydroxylation is 2. The van der Waals surface area contributed by atoms with Crippen molar-refractivity contribution in [1.29, 1.82) is 0 Å². The Hall–Kier alpha value is -3.14. The summed E-state index contributed by atoms with van der Waals surface area (Å²) in [4.78, 5) is 16.1. The molecule has 0 aliphatic carbocycles. The maximum Gasteiger partial charge on any atom is 0.0643 e. The molecule has 0 aliphatic rings. The number of nitrogens with zero attached hydrogens (tertiary/aromatic N) is 2. The van der Waals surface area contributed by atoms with E-state index in [4.69, 9.17) is 0 Å². The summed E-state index contributed by atoms with van der Waals surface area (Å²) >= 11 is 0. The Kier molecular flexibility index (Phi) is 6.43. The fourth-order valence-corrected chi connectivity index (χ4v) is 4.04. The largest absolute Gasteiger partial charge is 0.357 e. The van der Waals surface area contributed by atoms with E-state index in [2.05, 4.69) is 82.3 Å². The van der Waals surface area contributed by atoms with Crippen molar-refractivity contribution >= 4 is 34.0 Å².